The third-order valence-electron chi connectivity index (χ3n) is 3.11. The van der Waals surface area contributed by atoms with Crippen LogP contribution in [0, 0.1) is 10.2 Å². The second-order valence-electron chi connectivity index (χ2n) is 4.55. The summed E-state index contributed by atoms with van der Waals surface area (Å²) in [5.41, 5.74) is 5.52. The Hall–Kier alpha value is -0.570. The van der Waals surface area contributed by atoms with Crippen molar-refractivity contribution in [2.24, 2.45) is 5.73 Å². The minimum atomic E-state index is -2.98. The molecule has 23 heavy (non-hydrogen) atoms. The van der Waals surface area contributed by atoms with E-state index in [1.165, 1.54) is 23.1 Å². The Balaban J connectivity index is 0.00000127. The van der Waals surface area contributed by atoms with E-state index in [4.69, 9.17) is 15.9 Å². The van der Waals surface area contributed by atoms with E-state index in [9.17, 15) is 4.21 Å². The molecule has 128 valence electrons. The Labute approximate surface area is 155 Å². The molecule has 0 fully saturated rings. The number of nitrogen functional groups attached to an aromatic ring is 1. The summed E-state index contributed by atoms with van der Waals surface area (Å²) < 4.78 is 23.2. The van der Waals surface area contributed by atoms with Gasteiger partial charge in [0.2, 0.25) is 0 Å². The largest absolute Gasteiger partial charge is 0.383 e. The van der Waals surface area contributed by atoms with Gasteiger partial charge in [-0.25, -0.2) is 8.99 Å². The van der Waals surface area contributed by atoms with E-state index in [1.54, 1.807) is 6.07 Å². The molecule has 0 spiro atoms. The third kappa shape index (κ3) is 4.95. The number of thioether (sulfide) groups is 1. The predicted molar refractivity (Wildman–Crippen MR) is 107 cm³/mol. The number of amidine groups is 1. The van der Waals surface area contributed by atoms with E-state index in [0.29, 0.717) is 16.2 Å². The summed E-state index contributed by atoms with van der Waals surface area (Å²) in [6, 6.07) is 1.65. The Morgan fingerprint density at radius 2 is 2.17 bits per heavy atom. The predicted octanol–water partition coefficient (Wildman–Crippen LogP) is 5.18. The van der Waals surface area contributed by atoms with E-state index in [1.807, 2.05) is 38.3 Å². The smallest absolute Gasteiger partial charge is 0.133 e. The van der Waals surface area contributed by atoms with Crippen LogP contribution in [-0.2, 0) is 9.73 Å². The quantitative estimate of drug-likeness (QED) is 0.345. The maximum Gasteiger partial charge on any atom is 0.133 e. The van der Waals surface area contributed by atoms with Crippen molar-refractivity contribution in [3.63, 3.8) is 0 Å². The number of thiophene rings is 1. The monoisotopic (exact) mass is 435 g/mol. The zero-order valence-corrected chi connectivity index (χ0v) is 17.4. The molecule has 0 amide bonds. The molecule has 0 radical (unpaired) electrons. The van der Waals surface area contributed by atoms with Crippen LogP contribution in [0.1, 0.15) is 31.6 Å². The highest BCUT2D eigenvalue weighted by atomic mass is 79.9. The van der Waals surface area contributed by atoms with Gasteiger partial charge in [0.1, 0.15) is 5.84 Å². The fourth-order valence-electron chi connectivity index (χ4n) is 2.04. The van der Waals surface area contributed by atoms with Crippen molar-refractivity contribution in [1.82, 2.24) is 0 Å². The molecule has 2 atom stereocenters. The normalized spacial score (nSPS) is 19.8. The molecule has 1 aromatic rings. The molecular weight excluding hydrogens is 414 g/mol. The molecule has 2 rings (SSSR count). The Kier molecular flexibility index (Phi) is 8.06. The third-order valence-corrected chi connectivity index (χ3v) is 8.40. The van der Waals surface area contributed by atoms with Gasteiger partial charge in [-0.15, -0.1) is 23.1 Å². The van der Waals surface area contributed by atoms with Gasteiger partial charge in [0, 0.05) is 4.48 Å². The van der Waals surface area contributed by atoms with Crippen LogP contribution in [-0.4, -0.2) is 21.6 Å². The van der Waals surface area contributed by atoms with Crippen molar-refractivity contribution in [2.75, 3.05) is 6.26 Å². The average Bonchev–Trinajstić information content (AvgIpc) is 2.86. The summed E-state index contributed by atoms with van der Waals surface area (Å²) >= 11 is 6.20. The van der Waals surface area contributed by atoms with Crippen molar-refractivity contribution in [3.05, 3.63) is 33.7 Å². The van der Waals surface area contributed by atoms with Crippen molar-refractivity contribution in [1.29, 1.82) is 10.2 Å². The van der Waals surface area contributed by atoms with Crippen molar-refractivity contribution in [2.45, 2.75) is 41.0 Å². The number of rotatable bonds is 4. The van der Waals surface area contributed by atoms with Gasteiger partial charge >= 0.3 is 0 Å². The lowest BCUT2D eigenvalue weighted by Gasteiger charge is -2.16. The van der Waals surface area contributed by atoms with Crippen LogP contribution < -0.4 is 5.73 Å². The molecule has 0 saturated carbocycles. The van der Waals surface area contributed by atoms with Gasteiger partial charge in [0.05, 0.1) is 29.0 Å². The molecule has 1 heterocycles. The van der Waals surface area contributed by atoms with E-state index in [2.05, 4.69) is 15.9 Å². The molecule has 1 aliphatic carbocycles. The molecule has 0 aromatic carbocycles. The zero-order valence-electron chi connectivity index (χ0n) is 13.4. The summed E-state index contributed by atoms with van der Waals surface area (Å²) in [7, 11) is -2.98. The maximum atomic E-state index is 13.1. The van der Waals surface area contributed by atoms with Crippen molar-refractivity contribution in [3.8, 4) is 0 Å². The van der Waals surface area contributed by atoms with Crippen LogP contribution >= 0.6 is 39.0 Å². The maximum absolute atomic E-state index is 13.1. The first-order chi connectivity index (χ1) is 10.9. The van der Waals surface area contributed by atoms with E-state index < -0.39 is 9.73 Å². The topological polar surface area (TPSA) is 90.8 Å². The summed E-state index contributed by atoms with van der Waals surface area (Å²) in [5.74, 6) is -0.0454. The van der Waals surface area contributed by atoms with Crippen LogP contribution in [0.15, 0.2) is 37.9 Å². The van der Waals surface area contributed by atoms with Crippen LogP contribution in [0.3, 0.4) is 0 Å². The van der Waals surface area contributed by atoms with Crippen LogP contribution in [0.4, 0.5) is 0 Å². The zero-order chi connectivity index (χ0) is 17.6. The van der Waals surface area contributed by atoms with Crippen LogP contribution in [0.5, 0.6) is 0 Å². The van der Waals surface area contributed by atoms with Crippen molar-refractivity contribution >= 4 is 54.6 Å². The average molecular weight is 436 g/mol. The fraction of sp³-hybridized carbons (Fsp3) is 0.400. The first-order valence-corrected chi connectivity index (χ1v) is 11.7. The Morgan fingerprint density at radius 3 is 2.74 bits per heavy atom. The molecule has 4 N–H and O–H groups in total. The van der Waals surface area contributed by atoms with Gasteiger partial charge in [-0.1, -0.05) is 48.0 Å². The minimum absolute atomic E-state index is 0.0454. The summed E-state index contributed by atoms with van der Waals surface area (Å²) in [6.07, 6.45) is 9.15. The lowest BCUT2D eigenvalue weighted by atomic mass is 10.2. The number of nitrogens with one attached hydrogen (secondary N) is 2. The first-order valence-electron chi connectivity index (χ1n) is 7.20. The molecule has 8 heteroatoms. The Morgan fingerprint density at radius 1 is 1.52 bits per heavy atom. The highest BCUT2D eigenvalue weighted by molar-refractivity contribution is 9.11. The second-order valence-corrected chi connectivity index (χ2v) is 9.84. The van der Waals surface area contributed by atoms with Gasteiger partial charge in [0.25, 0.3) is 0 Å². The SMILES string of the molecule is CC.CSc1sc(C(=N)N)cc1S(=N)(=O)C1C=C(Br)C=CCC1. The van der Waals surface area contributed by atoms with Gasteiger partial charge in [0.15, 0.2) is 0 Å². The molecule has 0 bridgehead atoms. The fourth-order valence-corrected chi connectivity index (χ4v) is 7.10. The molecule has 1 aliphatic rings. The lowest BCUT2D eigenvalue weighted by Crippen LogP contribution is -2.18. The number of halogens is 1. The summed E-state index contributed by atoms with van der Waals surface area (Å²) in [4.78, 5) is 1.08. The number of hydrogen-bond donors (Lipinski definition) is 3. The van der Waals surface area contributed by atoms with Gasteiger partial charge < -0.3 is 5.73 Å². The van der Waals surface area contributed by atoms with Gasteiger partial charge in [-0.05, 0) is 25.2 Å². The highest BCUT2D eigenvalue weighted by Crippen LogP contribution is 2.37. The van der Waals surface area contributed by atoms with E-state index >= 15 is 0 Å². The lowest BCUT2D eigenvalue weighted by molar-refractivity contribution is 0.662. The van der Waals surface area contributed by atoms with E-state index in [0.717, 1.165) is 15.1 Å². The number of hydrogen-bond acceptors (Lipinski definition) is 5. The van der Waals surface area contributed by atoms with Crippen LogP contribution in [0.25, 0.3) is 0 Å². The molecular formula is C15H22BrN3OS3. The van der Waals surface area contributed by atoms with Crippen molar-refractivity contribution < 1.29 is 4.21 Å². The van der Waals surface area contributed by atoms with E-state index in [-0.39, 0.29) is 11.1 Å². The number of nitrogens with two attached hydrogens (primary N) is 1. The molecule has 2 unspecified atom stereocenters. The summed E-state index contributed by atoms with van der Waals surface area (Å²) in [6.45, 7) is 4.00. The second kappa shape index (κ2) is 9.05. The first kappa shape index (κ1) is 20.5. The molecule has 0 aliphatic heterocycles. The summed E-state index contributed by atoms with van der Waals surface area (Å²) in [5, 5.41) is 7.19. The Bertz CT molecular complexity index is 720. The highest BCUT2D eigenvalue weighted by Gasteiger charge is 2.27. The van der Waals surface area contributed by atoms with Gasteiger partial charge in [-0.3, -0.25) is 5.41 Å². The number of allylic oxidation sites excluding steroid dienone is 3. The standard InChI is InChI=1S/C13H16BrN3OS3.C2H6/c1-19-13-11(7-10(20-13)12(15)16)21(17,18)9-5-3-2-4-8(14)6-9;1-2/h2,4,6-7,9,17H,3,5H2,1H3,(H3,15,16);1-2H3. The van der Waals surface area contributed by atoms with Gasteiger partial charge in [-0.2, -0.15) is 0 Å². The minimum Gasteiger partial charge on any atom is -0.383 e. The molecule has 1 aromatic heterocycles. The molecule has 4 nitrogen and oxygen atoms in total. The molecule has 0 saturated heterocycles. The van der Waals surface area contributed by atoms with Crippen LogP contribution in [0.2, 0.25) is 0 Å².